The van der Waals surface area contributed by atoms with E-state index in [0.717, 1.165) is 5.69 Å². The van der Waals surface area contributed by atoms with Gasteiger partial charge in [0.2, 0.25) is 5.91 Å². The summed E-state index contributed by atoms with van der Waals surface area (Å²) in [5.41, 5.74) is 1.49. The molecule has 1 amide bonds. The number of ether oxygens (including phenoxy) is 2. The third kappa shape index (κ3) is 5.84. The summed E-state index contributed by atoms with van der Waals surface area (Å²) in [5, 5.41) is 21.0. The SMILES string of the molecule is COc1ccccc1OC(C)c1nnc(SCC(=O)Nc2ccc(C(=O)O)cc2)n1-c1ccccc1. The summed E-state index contributed by atoms with van der Waals surface area (Å²) < 4.78 is 13.4. The zero-order valence-electron chi connectivity index (χ0n) is 19.6. The molecule has 0 aliphatic carbocycles. The number of carboxylic acids is 1. The van der Waals surface area contributed by atoms with Crippen molar-refractivity contribution in [2.45, 2.75) is 18.2 Å². The quantitative estimate of drug-likeness (QED) is 0.295. The van der Waals surface area contributed by atoms with Crippen LogP contribution in [0.2, 0.25) is 0 Å². The highest BCUT2D eigenvalue weighted by Gasteiger charge is 2.22. The zero-order chi connectivity index (χ0) is 25.5. The molecule has 1 atom stereocenters. The molecule has 0 spiro atoms. The minimum atomic E-state index is -1.02. The number of hydrogen-bond donors (Lipinski definition) is 2. The van der Waals surface area contributed by atoms with Crippen molar-refractivity contribution < 1.29 is 24.2 Å². The molecule has 1 unspecified atom stereocenters. The van der Waals surface area contributed by atoms with Gasteiger partial charge in [-0.2, -0.15) is 0 Å². The van der Waals surface area contributed by atoms with E-state index >= 15 is 0 Å². The molecule has 0 fully saturated rings. The second-order valence-electron chi connectivity index (χ2n) is 7.64. The van der Waals surface area contributed by atoms with Gasteiger partial charge in [0.1, 0.15) is 0 Å². The maximum absolute atomic E-state index is 12.6. The van der Waals surface area contributed by atoms with Crippen LogP contribution < -0.4 is 14.8 Å². The Morgan fingerprint density at radius 3 is 2.31 bits per heavy atom. The number of carbonyl (C=O) groups excluding carboxylic acids is 1. The maximum atomic E-state index is 12.6. The first-order valence-electron chi connectivity index (χ1n) is 11.0. The topological polar surface area (TPSA) is 116 Å². The number of rotatable bonds is 10. The molecule has 2 N–H and O–H groups in total. The standard InChI is InChI=1S/C26H24N4O5S/c1-17(35-22-11-7-6-10-21(22)34-2)24-28-29-26(30(24)20-8-4-3-5-9-20)36-16-23(31)27-19-14-12-18(13-15-19)25(32)33/h3-15,17H,16H2,1-2H3,(H,27,31)(H,32,33). The average molecular weight is 505 g/mol. The van der Waals surface area contributed by atoms with Gasteiger partial charge in [-0.15, -0.1) is 10.2 Å². The molecule has 4 rings (SSSR count). The molecule has 0 saturated heterocycles. The number of amides is 1. The van der Waals surface area contributed by atoms with E-state index in [-0.39, 0.29) is 17.2 Å². The Morgan fingerprint density at radius 1 is 0.972 bits per heavy atom. The first kappa shape index (κ1) is 24.8. The molecule has 36 heavy (non-hydrogen) atoms. The first-order chi connectivity index (χ1) is 17.5. The molecule has 0 bridgehead atoms. The van der Waals surface area contributed by atoms with Gasteiger partial charge >= 0.3 is 5.97 Å². The Bertz CT molecular complexity index is 1340. The Labute approximate surface area is 212 Å². The Balaban J connectivity index is 1.52. The van der Waals surface area contributed by atoms with Crippen molar-refractivity contribution in [3.05, 3.63) is 90.3 Å². The highest BCUT2D eigenvalue weighted by Crippen LogP contribution is 2.32. The van der Waals surface area contributed by atoms with Crippen LogP contribution >= 0.6 is 11.8 Å². The fraction of sp³-hybridized carbons (Fsp3) is 0.154. The fourth-order valence-electron chi connectivity index (χ4n) is 3.44. The van der Waals surface area contributed by atoms with Crippen LogP contribution in [0.25, 0.3) is 5.69 Å². The van der Waals surface area contributed by atoms with Crippen LogP contribution in [0.4, 0.5) is 5.69 Å². The van der Waals surface area contributed by atoms with Gasteiger partial charge in [-0.1, -0.05) is 42.1 Å². The number of aromatic carboxylic acids is 1. The molecule has 0 aliphatic rings. The lowest BCUT2D eigenvalue weighted by atomic mass is 10.2. The lowest BCUT2D eigenvalue weighted by Gasteiger charge is -2.18. The summed E-state index contributed by atoms with van der Waals surface area (Å²) in [4.78, 5) is 23.6. The Kier molecular flexibility index (Phi) is 7.86. The largest absolute Gasteiger partial charge is 0.493 e. The van der Waals surface area contributed by atoms with Crippen LogP contribution in [-0.4, -0.2) is 44.6 Å². The maximum Gasteiger partial charge on any atom is 0.335 e. The number of hydrogen-bond acceptors (Lipinski definition) is 7. The highest BCUT2D eigenvalue weighted by atomic mass is 32.2. The summed E-state index contributed by atoms with van der Waals surface area (Å²) in [6, 6.07) is 22.9. The normalized spacial score (nSPS) is 11.5. The molecule has 0 saturated carbocycles. The highest BCUT2D eigenvalue weighted by molar-refractivity contribution is 7.99. The fourth-order valence-corrected chi connectivity index (χ4v) is 4.20. The van der Waals surface area contributed by atoms with E-state index in [9.17, 15) is 9.59 Å². The van der Waals surface area contributed by atoms with Gasteiger partial charge < -0.3 is 19.9 Å². The number of methoxy groups -OCH3 is 1. The summed E-state index contributed by atoms with van der Waals surface area (Å²) in [6.45, 7) is 1.87. The second kappa shape index (κ2) is 11.4. The van der Waals surface area contributed by atoms with Crippen molar-refractivity contribution in [1.82, 2.24) is 14.8 Å². The molecule has 3 aromatic carbocycles. The summed E-state index contributed by atoms with van der Waals surface area (Å²) in [6.07, 6.45) is -0.468. The van der Waals surface area contributed by atoms with Crippen LogP contribution in [-0.2, 0) is 4.79 Å². The third-order valence-corrected chi connectivity index (χ3v) is 6.09. The minimum absolute atomic E-state index is 0.0768. The van der Waals surface area contributed by atoms with E-state index in [0.29, 0.717) is 28.2 Å². The molecule has 1 aromatic heterocycles. The monoisotopic (exact) mass is 504 g/mol. The molecule has 9 nitrogen and oxygen atoms in total. The predicted molar refractivity (Wildman–Crippen MR) is 136 cm³/mol. The van der Waals surface area contributed by atoms with Crippen molar-refractivity contribution in [2.75, 3.05) is 18.2 Å². The van der Waals surface area contributed by atoms with Crippen molar-refractivity contribution in [3.63, 3.8) is 0 Å². The van der Waals surface area contributed by atoms with Gasteiger partial charge in [-0.25, -0.2) is 4.79 Å². The Hall–Kier alpha value is -4.31. The van der Waals surface area contributed by atoms with E-state index in [4.69, 9.17) is 14.6 Å². The number of benzene rings is 3. The molecule has 10 heteroatoms. The van der Waals surface area contributed by atoms with Crippen LogP contribution in [0.5, 0.6) is 11.5 Å². The van der Waals surface area contributed by atoms with Gasteiger partial charge in [-0.3, -0.25) is 9.36 Å². The molecule has 1 heterocycles. The molecule has 4 aromatic rings. The number of carbonyl (C=O) groups is 2. The van der Waals surface area contributed by atoms with E-state index in [2.05, 4.69) is 15.5 Å². The molecular weight excluding hydrogens is 480 g/mol. The van der Waals surface area contributed by atoms with Crippen LogP contribution in [0.15, 0.2) is 84.0 Å². The zero-order valence-corrected chi connectivity index (χ0v) is 20.4. The number of carboxylic acid groups (broad SMARTS) is 1. The number of nitrogens with one attached hydrogen (secondary N) is 1. The van der Waals surface area contributed by atoms with Crippen LogP contribution in [0.1, 0.15) is 29.2 Å². The number of anilines is 1. The van der Waals surface area contributed by atoms with Crippen LogP contribution in [0, 0.1) is 0 Å². The number of para-hydroxylation sites is 3. The van der Waals surface area contributed by atoms with Crippen molar-refractivity contribution >= 4 is 29.3 Å². The first-order valence-corrected chi connectivity index (χ1v) is 12.0. The number of nitrogens with zero attached hydrogens (tertiary/aromatic N) is 3. The average Bonchev–Trinajstić information content (AvgIpc) is 3.33. The van der Waals surface area contributed by atoms with Gasteiger partial charge in [0.25, 0.3) is 0 Å². The van der Waals surface area contributed by atoms with Gasteiger partial charge in [0, 0.05) is 11.4 Å². The van der Waals surface area contributed by atoms with Gasteiger partial charge in [0.05, 0.1) is 18.4 Å². The molecule has 0 aliphatic heterocycles. The van der Waals surface area contributed by atoms with Crippen molar-refractivity contribution in [2.24, 2.45) is 0 Å². The lowest BCUT2D eigenvalue weighted by Crippen LogP contribution is -2.15. The van der Waals surface area contributed by atoms with E-state index in [1.165, 1.54) is 23.9 Å². The molecule has 0 radical (unpaired) electrons. The number of aromatic nitrogens is 3. The predicted octanol–water partition coefficient (Wildman–Crippen LogP) is 4.84. The molecular formula is C26H24N4O5S. The Morgan fingerprint density at radius 2 is 1.64 bits per heavy atom. The summed E-state index contributed by atoms with van der Waals surface area (Å²) in [7, 11) is 1.58. The smallest absolute Gasteiger partial charge is 0.335 e. The van der Waals surface area contributed by atoms with E-state index in [1.807, 2.05) is 66.1 Å². The lowest BCUT2D eigenvalue weighted by molar-refractivity contribution is -0.113. The number of thioether (sulfide) groups is 1. The van der Waals surface area contributed by atoms with Crippen molar-refractivity contribution in [1.29, 1.82) is 0 Å². The van der Waals surface area contributed by atoms with Crippen molar-refractivity contribution in [3.8, 4) is 17.2 Å². The van der Waals surface area contributed by atoms with Gasteiger partial charge in [0.15, 0.2) is 28.6 Å². The van der Waals surface area contributed by atoms with E-state index < -0.39 is 12.1 Å². The second-order valence-corrected chi connectivity index (χ2v) is 8.58. The van der Waals surface area contributed by atoms with E-state index in [1.54, 1.807) is 19.2 Å². The van der Waals surface area contributed by atoms with Gasteiger partial charge in [-0.05, 0) is 55.5 Å². The third-order valence-electron chi connectivity index (χ3n) is 5.16. The summed E-state index contributed by atoms with van der Waals surface area (Å²) >= 11 is 1.23. The minimum Gasteiger partial charge on any atom is -0.493 e. The molecule has 184 valence electrons. The van der Waals surface area contributed by atoms with Crippen LogP contribution in [0.3, 0.4) is 0 Å². The summed E-state index contributed by atoms with van der Waals surface area (Å²) in [5.74, 6) is 0.552.